The standard InChI is InChI=1S/C23H24N4/c1-2-26-10-12-27(13-11-26)17-18-6-5-8-20(14-18)23-21(16-24)15-19-7-3-4-9-22(19)25-23/h3-9,14-15H,2,10-13,17H2,1H3. The van der Waals surface area contributed by atoms with Gasteiger partial charge in [0.1, 0.15) is 6.07 Å². The number of benzene rings is 2. The minimum absolute atomic E-state index is 0.627. The van der Waals surface area contributed by atoms with Gasteiger partial charge >= 0.3 is 0 Å². The maximum atomic E-state index is 9.61. The van der Waals surface area contributed by atoms with Crippen LogP contribution in [-0.2, 0) is 6.54 Å². The minimum atomic E-state index is 0.627. The van der Waals surface area contributed by atoms with Gasteiger partial charge in [0.2, 0.25) is 0 Å². The van der Waals surface area contributed by atoms with E-state index in [1.807, 2.05) is 30.3 Å². The Morgan fingerprint density at radius 2 is 1.74 bits per heavy atom. The monoisotopic (exact) mass is 356 g/mol. The Hall–Kier alpha value is -2.74. The van der Waals surface area contributed by atoms with E-state index in [0.29, 0.717) is 5.56 Å². The largest absolute Gasteiger partial charge is 0.301 e. The first kappa shape index (κ1) is 17.7. The predicted molar refractivity (Wildman–Crippen MR) is 109 cm³/mol. The molecule has 0 bridgehead atoms. The fourth-order valence-electron chi connectivity index (χ4n) is 3.76. The van der Waals surface area contributed by atoms with Crippen LogP contribution >= 0.6 is 0 Å². The maximum Gasteiger partial charge on any atom is 0.101 e. The highest BCUT2D eigenvalue weighted by Crippen LogP contribution is 2.26. The lowest BCUT2D eigenvalue weighted by molar-refractivity contribution is 0.132. The Morgan fingerprint density at radius 3 is 2.52 bits per heavy atom. The first-order valence-corrected chi connectivity index (χ1v) is 9.60. The maximum absolute atomic E-state index is 9.61. The number of aromatic nitrogens is 1. The molecule has 2 aromatic carbocycles. The quantitative estimate of drug-likeness (QED) is 0.711. The molecule has 0 aliphatic carbocycles. The van der Waals surface area contributed by atoms with Crippen LogP contribution in [0.1, 0.15) is 18.1 Å². The fourth-order valence-corrected chi connectivity index (χ4v) is 3.76. The average molecular weight is 356 g/mol. The van der Waals surface area contributed by atoms with Crippen LogP contribution in [0.3, 0.4) is 0 Å². The third-order valence-electron chi connectivity index (χ3n) is 5.36. The molecule has 27 heavy (non-hydrogen) atoms. The molecule has 4 rings (SSSR count). The summed E-state index contributed by atoms with van der Waals surface area (Å²) in [6, 6.07) is 20.7. The van der Waals surface area contributed by atoms with Gasteiger partial charge in [-0.15, -0.1) is 0 Å². The molecule has 1 aliphatic rings. The van der Waals surface area contributed by atoms with Crippen molar-refractivity contribution in [1.82, 2.24) is 14.8 Å². The number of piperazine rings is 1. The van der Waals surface area contributed by atoms with Crippen LogP contribution in [0.15, 0.2) is 54.6 Å². The highest BCUT2D eigenvalue weighted by Gasteiger charge is 2.16. The molecule has 136 valence electrons. The second-order valence-electron chi connectivity index (χ2n) is 7.10. The van der Waals surface area contributed by atoms with Crippen molar-refractivity contribution in [2.45, 2.75) is 13.5 Å². The summed E-state index contributed by atoms with van der Waals surface area (Å²) in [6.45, 7) is 8.80. The molecule has 4 nitrogen and oxygen atoms in total. The summed E-state index contributed by atoms with van der Waals surface area (Å²) in [5, 5.41) is 10.6. The molecule has 0 saturated carbocycles. The van der Waals surface area contributed by atoms with E-state index in [1.54, 1.807) is 0 Å². The van der Waals surface area contributed by atoms with Gasteiger partial charge in [0.05, 0.1) is 16.8 Å². The molecule has 0 N–H and O–H groups in total. The van der Waals surface area contributed by atoms with E-state index in [1.165, 1.54) is 5.56 Å². The lowest BCUT2D eigenvalue weighted by Crippen LogP contribution is -2.45. The van der Waals surface area contributed by atoms with E-state index in [2.05, 4.69) is 47.1 Å². The molecule has 0 amide bonds. The third kappa shape index (κ3) is 3.85. The second kappa shape index (κ2) is 7.87. The van der Waals surface area contributed by atoms with Crippen molar-refractivity contribution < 1.29 is 0 Å². The SMILES string of the molecule is CCN1CCN(Cc2cccc(-c3nc4ccccc4cc3C#N)c2)CC1. The zero-order chi connectivity index (χ0) is 18.6. The number of hydrogen-bond donors (Lipinski definition) is 0. The number of likely N-dealkylation sites (N-methyl/N-ethyl adjacent to an activating group) is 1. The zero-order valence-electron chi connectivity index (χ0n) is 15.7. The van der Waals surface area contributed by atoms with Crippen LogP contribution in [-0.4, -0.2) is 47.5 Å². The summed E-state index contributed by atoms with van der Waals surface area (Å²) in [7, 11) is 0. The van der Waals surface area contributed by atoms with Gasteiger partial charge in [-0.2, -0.15) is 5.26 Å². The Bertz CT molecular complexity index is 981. The first-order valence-electron chi connectivity index (χ1n) is 9.60. The topological polar surface area (TPSA) is 43.2 Å². The average Bonchev–Trinajstić information content (AvgIpc) is 2.73. The number of para-hydroxylation sites is 1. The highest BCUT2D eigenvalue weighted by molar-refractivity contribution is 5.84. The summed E-state index contributed by atoms with van der Waals surface area (Å²) in [6.07, 6.45) is 0. The number of nitriles is 1. The summed E-state index contributed by atoms with van der Waals surface area (Å²) in [5.41, 5.74) is 4.61. The molecule has 0 atom stereocenters. The molecule has 1 aliphatic heterocycles. The Balaban J connectivity index is 1.61. The van der Waals surface area contributed by atoms with Gasteiger partial charge in [-0.05, 0) is 30.3 Å². The van der Waals surface area contributed by atoms with Gasteiger partial charge < -0.3 is 4.90 Å². The van der Waals surface area contributed by atoms with Crippen LogP contribution in [0.4, 0.5) is 0 Å². The number of pyridine rings is 1. The zero-order valence-corrected chi connectivity index (χ0v) is 15.7. The highest BCUT2D eigenvalue weighted by atomic mass is 15.3. The second-order valence-corrected chi connectivity index (χ2v) is 7.10. The van der Waals surface area contributed by atoms with E-state index in [9.17, 15) is 5.26 Å². The normalized spacial score (nSPS) is 15.7. The van der Waals surface area contributed by atoms with Crippen LogP contribution in [0, 0.1) is 11.3 Å². The van der Waals surface area contributed by atoms with E-state index in [-0.39, 0.29) is 0 Å². The Labute approximate surface area is 160 Å². The fraction of sp³-hybridized carbons (Fsp3) is 0.304. The number of hydrogen-bond acceptors (Lipinski definition) is 4. The number of rotatable bonds is 4. The van der Waals surface area contributed by atoms with Gasteiger partial charge in [0.15, 0.2) is 0 Å². The van der Waals surface area contributed by atoms with Crippen LogP contribution in [0.5, 0.6) is 0 Å². The van der Waals surface area contributed by atoms with Crippen molar-refractivity contribution in [3.8, 4) is 17.3 Å². The number of fused-ring (bicyclic) bond motifs is 1. The minimum Gasteiger partial charge on any atom is -0.301 e. The van der Waals surface area contributed by atoms with Crippen molar-refractivity contribution >= 4 is 10.9 Å². The Morgan fingerprint density at radius 1 is 0.963 bits per heavy atom. The lowest BCUT2D eigenvalue weighted by Gasteiger charge is -2.34. The molecule has 0 radical (unpaired) electrons. The molecule has 4 heteroatoms. The smallest absolute Gasteiger partial charge is 0.101 e. The first-order chi connectivity index (χ1) is 13.3. The van der Waals surface area contributed by atoms with Crippen molar-refractivity contribution in [1.29, 1.82) is 5.26 Å². The van der Waals surface area contributed by atoms with Gasteiger partial charge in [-0.3, -0.25) is 4.90 Å². The summed E-state index contributed by atoms with van der Waals surface area (Å²) < 4.78 is 0. The van der Waals surface area contributed by atoms with Gasteiger partial charge in [-0.1, -0.05) is 43.3 Å². The molecule has 1 saturated heterocycles. The Kier molecular flexibility index (Phi) is 5.15. The van der Waals surface area contributed by atoms with Gasteiger partial charge in [0.25, 0.3) is 0 Å². The molecule has 0 spiro atoms. The summed E-state index contributed by atoms with van der Waals surface area (Å²) in [4.78, 5) is 9.78. The van der Waals surface area contributed by atoms with Crippen LogP contribution < -0.4 is 0 Å². The molecule has 3 aromatic rings. The molecular weight excluding hydrogens is 332 g/mol. The molecule has 1 fully saturated rings. The third-order valence-corrected chi connectivity index (χ3v) is 5.36. The van der Waals surface area contributed by atoms with E-state index in [4.69, 9.17) is 4.98 Å². The lowest BCUT2D eigenvalue weighted by atomic mass is 10.0. The molecule has 0 unspecified atom stereocenters. The van der Waals surface area contributed by atoms with E-state index in [0.717, 1.165) is 61.4 Å². The summed E-state index contributed by atoms with van der Waals surface area (Å²) in [5.74, 6) is 0. The van der Waals surface area contributed by atoms with Crippen LogP contribution in [0.25, 0.3) is 22.2 Å². The predicted octanol–water partition coefficient (Wildman–Crippen LogP) is 3.91. The van der Waals surface area contributed by atoms with Gasteiger partial charge in [0, 0.05) is 43.7 Å². The summed E-state index contributed by atoms with van der Waals surface area (Å²) >= 11 is 0. The van der Waals surface area contributed by atoms with Crippen molar-refractivity contribution in [2.75, 3.05) is 32.7 Å². The van der Waals surface area contributed by atoms with Crippen molar-refractivity contribution in [3.05, 3.63) is 65.7 Å². The van der Waals surface area contributed by atoms with Gasteiger partial charge in [-0.25, -0.2) is 4.98 Å². The molecule has 2 heterocycles. The van der Waals surface area contributed by atoms with E-state index >= 15 is 0 Å². The van der Waals surface area contributed by atoms with Crippen LogP contribution in [0.2, 0.25) is 0 Å². The van der Waals surface area contributed by atoms with E-state index < -0.39 is 0 Å². The van der Waals surface area contributed by atoms with Crippen molar-refractivity contribution in [3.63, 3.8) is 0 Å². The molecule has 1 aromatic heterocycles. The molecular formula is C23H24N4. The van der Waals surface area contributed by atoms with Crippen molar-refractivity contribution in [2.24, 2.45) is 0 Å². The number of nitrogens with zero attached hydrogens (tertiary/aromatic N) is 4.